The third-order valence-corrected chi connectivity index (χ3v) is 2.14. The van der Waals surface area contributed by atoms with Gasteiger partial charge in [-0.25, -0.2) is 0 Å². The molecular formula is C16H16O. The first-order valence-electron chi connectivity index (χ1n) is 5.50. The topological polar surface area (TPSA) is 17.1 Å². The van der Waals surface area contributed by atoms with Crippen molar-refractivity contribution in [2.75, 3.05) is 0 Å². The Hall–Kier alpha value is -2.15. The number of allylic oxidation sites excluding steroid dienone is 6. The van der Waals surface area contributed by atoms with Crippen molar-refractivity contribution in [2.45, 2.75) is 6.92 Å². The molecule has 0 aliphatic carbocycles. The molecule has 0 saturated heterocycles. The van der Waals surface area contributed by atoms with Crippen LogP contribution in [0.1, 0.15) is 12.5 Å². The molecule has 1 heteroatoms. The molecule has 0 radical (unpaired) electrons. The Morgan fingerprint density at radius 2 is 1.82 bits per heavy atom. The fourth-order valence-corrected chi connectivity index (χ4v) is 1.21. The largest absolute Gasteiger partial charge is 0.289 e. The lowest BCUT2D eigenvalue weighted by atomic mass is 10.1. The molecule has 0 amide bonds. The molecule has 0 bridgehead atoms. The quantitative estimate of drug-likeness (QED) is 0.546. The Bertz CT molecular complexity index is 462. The average Bonchev–Trinajstić information content (AvgIpc) is 2.37. The third-order valence-electron chi connectivity index (χ3n) is 2.14. The van der Waals surface area contributed by atoms with E-state index in [4.69, 9.17) is 0 Å². The molecule has 17 heavy (non-hydrogen) atoms. The summed E-state index contributed by atoms with van der Waals surface area (Å²) in [5, 5.41) is 0. The molecule has 0 aliphatic rings. The van der Waals surface area contributed by atoms with Crippen molar-refractivity contribution < 1.29 is 4.79 Å². The van der Waals surface area contributed by atoms with Gasteiger partial charge >= 0.3 is 0 Å². The third kappa shape index (κ3) is 4.94. The predicted octanol–water partition coefficient (Wildman–Crippen LogP) is 3.96. The summed E-state index contributed by atoms with van der Waals surface area (Å²) < 4.78 is 0. The zero-order valence-electron chi connectivity index (χ0n) is 9.97. The van der Waals surface area contributed by atoms with Gasteiger partial charge in [-0.3, -0.25) is 4.79 Å². The number of rotatable bonds is 5. The number of ketones is 1. The number of hydrogen-bond donors (Lipinski definition) is 0. The Morgan fingerprint density at radius 3 is 2.47 bits per heavy atom. The van der Waals surface area contributed by atoms with Crippen LogP contribution in [0.4, 0.5) is 0 Å². The van der Waals surface area contributed by atoms with Crippen LogP contribution in [0.5, 0.6) is 0 Å². The lowest BCUT2D eigenvalue weighted by Gasteiger charge is -1.93. The first kappa shape index (κ1) is 12.9. The summed E-state index contributed by atoms with van der Waals surface area (Å²) in [7, 11) is 0. The number of carbonyl (C=O) groups excluding carboxylic acids is 1. The predicted molar refractivity (Wildman–Crippen MR) is 73.6 cm³/mol. The zero-order valence-corrected chi connectivity index (χ0v) is 9.97. The maximum Gasteiger partial charge on any atom is 0.185 e. The van der Waals surface area contributed by atoms with Crippen LogP contribution in [-0.4, -0.2) is 5.78 Å². The van der Waals surface area contributed by atoms with E-state index in [1.807, 2.05) is 49.4 Å². The first-order valence-corrected chi connectivity index (χ1v) is 5.50. The van der Waals surface area contributed by atoms with Crippen LogP contribution in [0.15, 0.2) is 72.9 Å². The highest BCUT2D eigenvalue weighted by molar-refractivity contribution is 6.07. The SMILES string of the molecule is C=C(C=CC=CC)C(=O)C=Cc1ccccc1. The van der Waals surface area contributed by atoms with Gasteiger partial charge in [-0.1, -0.05) is 67.3 Å². The minimum absolute atomic E-state index is 0.0744. The summed E-state index contributed by atoms with van der Waals surface area (Å²) in [4.78, 5) is 11.6. The lowest BCUT2D eigenvalue weighted by molar-refractivity contribution is -0.110. The molecule has 0 spiro atoms. The van der Waals surface area contributed by atoms with Crippen molar-refractivity contribution in [3.05, 3.63) is 78.4 Å². The zero-order chi connectivity index (χ0) is 12.5. The van der Waals surface area contributed by atoms with Crippen LogP contribution >= 0.6 is 0 Å². The normalized spacial score (nSPS) is 11.6. The molecule has 0 aromatic heterocycles. The summed E-state index contributed by atoms with van der Waals surface area (Å²) >= 11 is 0. The molecule has 1 aromatic carbocycles. The van der Waals surface area contributed by atoms with E-state index in [0.29, 0.717) is 5.57 Å². The fourth-order valence-electron chi connectivity index (χ4n) is 1.21. The van der Waals surface area contributed by atoms with Gasteiger partial charge in [0.1, 0.15) is 0 Å². The number of benzene rings is 1. The second-order valence-corrected chi connectivity index (χ2v) is 3.52. The van der Waals surface area contributed by atoms with Gasteiger partial charge in [0.25, 0.3) is 0 Å². The van der Waals surface area contributed by atoms with E-state index in [9.17, 15) is 4.79 Å². The van der Waals surface area contributed by atoms with Gasteiger partial charge in [-0.05, 0) is 18.6 Å². The van der Waals surface area contributed by atoms with E-state index in [-0.39, 0.29) is 5.78 Å². The average molecular weight is 224 g/mol. The van der Waals surface area contributed by atoms with E-state index in [2.05, 4.69) is 6.58 Å². The van der Waals surface area contributed by atoms with E-state index >= 15 is 0 Å². The van der Waals surface area contributed by atoms with Crippen molar-refractivity contribution in [1.29, 1.82) is 0 Å². The number of carbonyl (C=O) groups is 1. The summed E-state index contributed by atoms with van der Waals surface area (Å²) in [6.07, 6.45) is 10.6. The molecule has 0 atom stereocenters. The van der Waals surface area contributed by atoms with E-state index in [1.165, 1.54) is 6.08 Å². The molecule has 0 unspecified atom stereocenters. The highest BCUT2D eigenvalue weighted by Crippen LogP contribution is 2.03. The molecule has 1 rings (SSSR count). The summed E-state index contributed by atoms with van der Waals surface area (Å²) in [6.45, 7) is 5.64. The van der Waals surface area contributed by atoms with Gasteiger partial charge in [-0.2, -0.15) is 0 Å². The highest BCUT2D eigenvalue weighted by Gasteiger charge is 1.97. The monoisotopic (exact) mass is 224 g/mol. The van der Waals surface area contributed by atoms with E-state index < -0.39 is 0 Å². The van der Waals surface area contributed by atoms with Crippen LogP contribution in [0.2, 0.25) is 0 Å². The Kier molecular flexibility index (Phi) is 5.45. The van der Waals surface area contributed by atoms with Crippen molar-refractivity contribution in [2.24, 2.45) is 0 Å². The maximum absolute atomic E-state index is 11.6. The molecule has 0 heterocycles. The van der Waals surface area contributed by atoms with Gasteiger partial charge in [-0.15, -0.1) is 0 Å². The molecule has 1 nitrogen and oxygen atoms in total. The number of hydrogen-bond acceptors (Lipinski definition) is 1. The lowest BCUT2D eigenvalue weighted by Crippen LogP contribution is -1.93. The van der Waals surface area contributed by atoms with Crippen LogP contribution in [0.3, 0.4) is 0 Å². The van der Waals surface area contributed by atoms with Crippen LogP contribution in [-0.2, 0) is 4.79 Å². The van der Waals surface area contributed by atoms with Crippen molar-refractivity contribution in [3.8, 4) is 0 Å². The first-order chi connectivity index (χ1) is 8.24. The van der Waals surface area contributed by atoms with Crippen LogP contribution < -0.4 is 0 Å². The van der Waals surface area contributed by atoms with Crippen molar-refractivity contribution in [3.63, 3.8) is 0 Å². The minimum atomic E-state index is -0.0744. The van der Waals surface area contributed by atoms with Gasteiger partial charge < -0.3 is 0 Å². The highest BCUT2D eigenvalue weighted by atomic mass is 16.1. The molecule has 0 fully saturated rings. The molecule has 1 aromatic rings. The molecular weight excluding hydrogens is 208 g/mol. The standard InChI is InChI=1S/C16H16O/c1-3-4-6-9-14(2)16(17)13-12-15-10-7-5-8-11-15/h3-13H,2H2,1H3. The summed E-state index contributed by atoms with van der Waals surface area (Å²) in [5.74, 6) is -0.0744. The molecule has 0 N–H and O–H groups in total. The summed E-state index contributed by atoms with van der Waals surface area (Å²) in [5.41, 5.74) is 1.49. The Balaban J connectivity index is 2.61. The minimum Gasteiger partial charge on any atom is -0.289 e. The van der Waals surface area contributed by atoms with Crippen LogP contribution in [0, 0.1) is 0 Å². The van der Waals surface area contributed by atoms with Crippen molar-refractivity contribution >= 4 is 11.9 Å². The fraction of sp³-hybridized carbons (Fsp3) is 0.0625. The Morgan fingerprint density at radius 1 is 1.12 bits per heavy atom. The molecule has 0 aliphatic heterocycles. The summed E-state index contributed by atoms with van der Waals surface area (Å²) in [6, 6.07) is 9.71. The molecule has 0 saturated carbocycles. The van der Waals surface area contributed by atoms with E-state index in [0.717, 1.165) is 5.56 Å². The van der Waals surface area contributed by atoms with Gasteiger partial charge in [0, 0.05) is 5.57 Å². The van der Waals surface area contributed by atoms with Gasteiger partial charge in [0.15, 0.2) is 5.78 Å². The smallest absolute Gasteiger partial charge is 0.185 e. The second-order valence-electron chi connectivity index (χ2n) is 3.52. The van der Waals surface area contributed by atoms with Crippen molar-refractivity contribution in [1.82, 2.24) is 0 Å². The maximum atomic E-state index is 11.6. The van der Waals surface area contributed by atoms with E-state index in [1.54, 1.807) is 18.2 Å². The Labute approximate surface area is 102 Å². The second kappa shape index (κ2) is 7.18. The van der Waals surface area contributed by atoms with Crippen LogP contribution in [0.25, 0.3) is 6.08 Å². The van der Waals surface area contributed by atoms with Gasteiger partial charge in [0.05, 0.1) is 0 Å². The van der Waals surface area contributed by atoms with Gasteiger partial charge in [0.2, 0.25) is 0 Å². The molecule has 86 valence electrons.